The zero-order chi connectivity index (χ0) is 15.1. The normalized spacial score (nSPS) is 28.3. The standard InChI is InChI=1S/C13H23NO5S/c1-13(2,3)19-12(15)14-7-10(9-5-4-6-9)11(8-14)20(16,17)18/h9-11H,4-8H2,1-3H3,(H,16,17,18). The van der Waals surface area contributed by atoms with Gasteiger partial charge >= 0.3 is 6.09 Å². The van der Waals surface area contributed by atoms with Crippen LogP contribution in [0.15, 0.2) is 0 Å². The quantitative estimate of drug-likeness (QED) is 0.788. The average molecular weight is 305 g/mol. The minimum Gasteiger partial charge on any atom is -0.444 e. The fourth-order valence-electron chi connectivity index (χ4n) is 2.91. The molecule has 1 aliphatic carbocycles. The fourth-order valence-corrected chi connectivity index (χ4v) is 4.03. The Kier molecular flexibility index (Phi) is 4.03. The van der Waals surface area contributed by atoms with E-state index in [0.717, 1.165) is 19.3 Å². The van der Waals surface area contributed by atoms with Crippen molar-refractivity contribution in [1.82, 2.24) is 4.90 Å². The van der Waals surface area contributed by atoms with Gasteiger partial charge in [0, 0.05) is 19.0 Å². The molecule has 1 amide bonds. The van der Waals surface area contributed by atoms with Crippen LogP contribution >= 0.6 is 0 Å². The highest BCUT2D eigenvalue weighted by molar-refractivity contribution is 7.86. The number of hydrogen-bond donors (Lipinski definition) is 1. The maximum atomic E-state index is 12.0. The van der Waals surface area contributed by atoms with Crippen LogP contribution in [-0.2, 0) is 14.9 Å². The van der Waals surface area contributed by atoms with Crippen molar-refractivity contribution in [2.45, 2.75) is 50.9 Å². The predicted octanol–water partition coefficient (Wildman–Crippen LogP) is 1.91. The molecule has 1 N–H and O–H groups in total. The van der Waals surface area contributed by atoms with Gasteiger partial charge in [0.05, 0.1) is 0 Å². The van der Waals surface area contributed by atoms with Gasteiger partial charge in [-0.1, -0.05) is 19.3 Å². The number of nitrogens with zero attached hydrogens (tertiary/aromatic N) is 1. The molecule has 20 heavy (non-hydrogen) atoms. The van der Waals surface area contributed by atoms with Gasteiger partial charge in [0.15, 0.2) is 0 Å². The summed E-state index contributed by atoms with van der Waals surface area (Å²) in [6.45, 7) is 5.68. The summed E-state index contributed by atoms with van der Waals surface area (Å²) in [5, 5.41) is -0.875. The summed E-state index contributed by atoms with van der Waals surface area (Å²) in [5.74, 6) is 0.112. The number of amides is 1. The van der Waals surface area contributed by atoms with Crippen molar-refractivity contribution in [1.29, 1.82) is 0 Å². The first-order valence-electron chi connectivity index (χ1n) is 7.02. The summed E-state index contributed by atoms with van der Waals surface area (Å²) in [6, 6.07) is 0. The number of hydrogen-bond acceptors (Lipinski definition) is 4. The van der Waals surface area contributed by atoms with E-state index in [2.05, 4.69) is 0 Å². The molecule has 2 rings (SSSR count). The summed E-state index contributed by atoms with van der Waals surface area (Å²) in [7, 11) is -4.13. The van der Waals surface area contributed by atoms with Crippen molar-refractivity contribution in [3.8, 4) is 0 Å². The van der Waals surface area contributed by atoms with Crippen molar-refractivity contribution in [3.63, 3.8) is 0 Å². The van der Waals surface area contributed by atoms with Gasteiger partial charge in [-0.05, 0) is 26.7 Å². The molecule has 1 saturated heterocycles. The number of likely N-dealkylation sites (tertiary alicyclic amines) is 1. The predicted molar refractivity (Wildman–Crippen MR) is 74.0 cm³/mol. The highest BCUT2D eigenvalue weighted by Crippen LogP contribution is 2.40. The second-order valence-electron chi connectivity index (χ2n) is 6.79. The van der Waals surface area contributed by atoms with Crippen LogP contribution in [0.5, 0.6) is 0 Å². The van der Waals surface area contributed by atoms with Gasteiger partial charge in [-0.2, -0.15) is 8.42 Å². The lowest BCUT2D eigenvalue weighted by atomic mass is 9.75. The Bertz CT molecular complexity index is 477. The largest absolute Gasteiger partial charge is 0.444 e. The number of ether oxygens (including phenoxy) is 1. The van der Waals surface area contributed by atoms with Gasteiger partial charge in [0.25, 0.3) is 10.1 Å². The molecule has 0 aromatic rings. The van der Waals surface area contributed by atoms with Crippen molar-refractivity contribution in [3.05, 3.63) is 0 Å². The van der Waals surface area contributed by atoms with Crippen LogP contribution in [0.3, 0.4) is 0 Å². The Morgan fingerprint density at radius 3 is 2.25 bits per heavy atom. The minimum absolute atomic E-state index is 0.0227. The number of carbonyl (C=O) groups is 1. The minimum atomic E-state index is -4.13. The molecular formula is C13H23NO5S. The molecule has 2 fully saturated rings. The van der Waals surface area contributed by atoms with Gasteiger partial charge in [-0.15, -0.1) is 0 Å². The topological polar surface area (TPSA) is 83.9 Å². The SMILES string of the molecule is CC(C)(C)OC(=O)N1CC(C2CCC2)C(S(=O)(=O)O)C1. The summed E-state index contributed by atoms with van der Waals surface area (Å²) in [6.07, 6.45) is 2.52. The third-order valence-corrected chi connectivity index (χ3v) is 5.36. The maximum absolute atomic E-state index is 12.0. The molecule has 116 valence electrons. The molecule has 2 aliphatic rings. The van der Waals surface area contributed by atoms with Crippen molar-refractivity contribution in [2.75, 3.05) is 13.1 Å². The molecule has 7 heteroatoms. The van der Waals surface area contributed by atoms with Crippen LogP contribution in [0.4, 0.5) is 4.79 Å². The summed E-state index contributed by atoms with van der Waals surface area (Å²) in [4.78, 5) is 13.4. The molecule has 0 spiro atoms. The van der Waals surface area contributed by atoms with Gasteiger partial charge in [0.2, 0.25) is 0 Å². The van der Waals surface area contributed by atoms with E-state index < -0.39 is 27.1 Å². The Morgan fingerprint density at radius 2 is 1.85 bits per heavy atom. The molecule has 2 unspecified atom stereocenters. The molecule has 6 nitrogen and oxygen atoms in total. The Hall–Kier alpha value is -0.820. The monoisotopic (exact) mass is 305 g/mol. The first-order chi connectivity index (χ1) is 9.08. The highest BCUT2D eigenvalue weighted by atomic mass is 32.2. The number of carbonyl (C=O) groups excluding carboxylic acids is 1. The van der Waals surface area contributed by atoms with Crippen molar-refractivity contribution < 1.29 is 22.5 Å². The molecule has 1 heterocycles. The van der Waals surface area contributed by atoms with E-state index in [1.165, 1.54) is 4.90 Å². The summed E-state index contributed by atoms with van der Waals surface area (Å²) < 4.78 is 37.7. The van der Waals surface area contributed by atoms with Gasteiger partial charge in [-0.25, -0.2) is 4.79 Å². The Labute approximate surface area is 120 Å². The third-order valence-electron chi connectivity index (χ3n) is 4.10. The van der Waals surface area contributed by atoms with Crippen LogP contribution in [0.25, 0.3) is 0 Å². The number of rotatable bonds is 2. The summed E-state index contributed by atoms with van der Waals surface area (Å²) in [5.41, 5.74) is -0.612. The van der Waals surface area contributed by atoms with E-state index in [1.54, 1.807) is 20.8 Å². The van der Waals surface area contributed by atoms with Crippen molar-refractivity contribution in [2.24, 2.45) is 11.8 Å². The molecule has 1 aliphatic heterocycles. The Balaban J connectivity index is 2.09. The zero-order valence-corrected chi connectivity index (χ0v) is 13.0. The van der Waals surface area contributed by atoms with Gasteiger partial charge in [0.1, 0.15) is 10.9 Å². The van der Waals surface area contributed by atoms with Gasteiger partial charge in [-0.3, -0.25) is 4.55 Å². The Morgan fingerprint density at radius 1 is 1.25 bits per heavy atom. The van der Waals surface area contributed by atoms with Crippen LogP contribution in [-0.4, -0.2) is 47.9 Å². The third kappa shape index (κ3) is 3.44. The van der Waals surface area contributed by atoms with Crippen LogP contribution in [0.1, 0.15) is 40.0 Å². The first kappa shape index (κ1) is 15.6. The van der Waals surface area contributed by atoms with Gasteiger partial charge < -0.3 is 9.64 Å². The van der Waals surface area contributed by atoms with E-state index in [0.29, 0.717) is 6.54 Å². The van der Waals surface area contributed by atoms with E-state index in [4.69, 9.17) is 4.74 Å². The van der Waals surface area contributed by atoms with E-state index in [9.17, 15) is 17.8 Å². The molecule has 2 atom stereocenters. The van der Waals surface area contributed by atoms with Crippen molar-refractivity contribution >= 4 is 16.2 Å². The van der Waals surface area contributed by atoms with E-state index >= 15 is 0 Å². The van der Waals surface area contributed by atoms with Crippen LogP contribution in [0, 0.1) is 11.8 Å². The molecular weight excluding hydrogens is 282 g/mol. The van der Waals surface area contributed by atoms with E-state index in [-0.39, 0.29) is 18.4 Å². The van der Waals surface area contributed by atoms with Crippen LogP contribution < -0.4 is 0 Å². The molecule has 1 saturated carbocycles. The lowest BCUT2D eigenvalue weighted by Gasteiger charge is -2.33. The lowest BCUT2D eigenvalue weighted by Crippen LogP contribution is -2.36. The molecule has 0 radical (unpaired) electrons. The molecule has 0 aromatic heterocycles. The fraction of sp³-hybridized carbons (Fsp3) is 0.923. The zero-order valence-electron chi connectivity index (χ0n) is 12.2. The first-order valence-corrected chi connectivity index (χ1v) is 8.52. The smallest absolute Gasteiger partial charge is 0.410 e. The second-order valence-corrected chi connectivity index (χ2v) is 8.43. The van der Waals surface area contributed by atoms with E-state index in [1.807, 2.05) is 0 Å². The highest BCUT2D eigenvalue weighted by Gasteiger charge is 2.47. The second kappa shape index (κ2) is 5.18. The average Bonchev–Trinajstić information content (AvgIpc) is 2.55. The summed E-state index contributed by atoms with van der Waals surface area (Å²) >= 11 is 0. The van der Waals surface area contributed by atoms with Crippen LogP contribution in [0.2, 0.25) is 0 Å². The molecule has 0 aromatic carbocycles. The lowest BCUT2D eigenvalue weighted by molar-refractivity contribution is 0.0278. The molecule has 0 bridgehead atoms. The maximum Gasteiger partial charge on any atom is 0.410 e.